The zero-order chi connectivity index (χ0) is 22.0. The van der Waals surface area contributed by atoms with Gasteiger partial charge in [-0.05, 0) is 49.9 Å². The molecule has 0 radical (unpaired) electrons. The highest BCUT2D eigenvalue weighted by Gasteiger charge is 2.35. The predicted octanol–water partition coefficient (Wildman–Crippen LogP) is 2.47. The fourth-order valence-corrected chi connectivity index (χ4v) is 4.15. The minimum absolute atomic E-state index is 0.110. The van der Waals surface area contributed by atoms with Crippen LogP contribution in [0.2, 0.25) is 0 Å². The molecular formula is C22H27N5O4. The molecule has 1 aromatic heterocycles. The number of nitrogens with one attached hydrogen (secondary N) is 3. The van der Waals surface area contributed by atoms with Gasteiger partial charge < -0.3 is 20.3 Å². The Morgan fingerprint density at radius 2 is 2.06 bits per heavy atom. The van der Waals surface area contributed by atoms with Gasteiger partial charge in [-0.2, -0.15) is 4.98 Å². The average molecular weight is 425 g/mol. The number of aromatic nitrogens is 2. The van der Waals surface area contributed by atoms with E-state index in [-0.39, 0.29) is 23.7 Å². The number of benzene rings is 1. The second-order valence-electron chi connectivity index (χ2n) is 8.10. The summed E-state index contributed by atoms with van der Waals surface area (Å²) in [7, 11) is 0. The van der Waals surface area contributed by atoms with Gasteiger partial charge >= 0.3 is 0 Å². The maximum Gasteiger partial charge on any atom is 0.258 e. The molecule has 9 nitrogen and oxygen atoms in total. The van der Waals surface area contributed by atoms with Crippen molar-refractivity contribution in [3.8, 4) is 5.75 Å². The van der Waals surface area contributed by atoms with Crippen molar-refractivity contribution in [2.45, 2.75) is 39.0 Å². The van der Waals surface area contributed by atoms with Crippen LogP contribution in [0.1, 0.15) is 44.6 Å². The summed E-state index contributed by atoms with van der Waals surface area (Å²) in [6, 6.07) is 6.94. The Hall–Kier alpha value is -3.36. The van der Waals surface area contributed by atoms with E-state index in [1.165, 1.54) is 0 Å². The molecule has 0 aliphatic carbocycles. The molecule has 9 heteroatoms. The molecule has 2 amide bonds. The van der Waals surface area contributed by atoms with Crippen LogP contribution < -0.4 is 25.8 Å². The van der Waals surface area contributed by atoms with Crippen molar-refractivity contribution in [1.82, 2.24) is 9.97 Å². The Kier molecular flexibility index (Phi) is 5.92. The third-order valence-electron chi connectivity index (χ3n) is 5.64. The van der Waals surface area contributed by atoms with E-state index < -0.39 is 17.4 Å². The lowest BCUT2D eigenvalue weighted by Gasteiger charge is -2.32. The van der Waals surface area contributed by atoms with Gasteiger partial charge in [-0.15, -0.1) is 0 Å². The first kappa shape index (κ1) is 20.9. The van der Waals surface area contributed by atoms with Crippen LogP contribution in [-0.4, -0.2) is 41.5 Å². The summed E-state index contributed by atoms with van der Waals surface area (Å²) in [6.45, 7) is 6.18. The Morgan fingerprint density at radius 3 is 2.77 bits per heavy atom. The second-order valence-corrected chi connectivity index (χ2v) is 8.10. The molecule has 2 atom stereocenters. The highest BCUT2D eigenvalue weighted by atomic mass is 16.5. The molecular weight excluding hydrogens is 398 g/mol. The Morgan fingerprint density at radius 1 is 1.29 bits per heavy atom. The first-order chi connectivity index (χ1) is 14.9. The summed E-state index contributed by atoms with van der Waals surface area (Å²) in [5.74, 6) is 0.117. The minimum Gasteiger partial charge on any atom is -0.494 e. The van der Waals surface area contributed by atoms with Crippen LogP contribution in [-0.2, 0) is 9.59 Å². The largest absolute Gasteiger partial charge is 0.494 e. The third kappa shape index (κ3) is 4.55. The molecule has 2 aliphatic rings. The predicted molar refractivity (Wildman–Crippen MR) is 118 cm³/mol. The quantitative estimate of drug-likeness (QED) is 0.678. The Balaban J connectivity index is 1.58. The first-order valence-corrected chi connectivity index (χ1v) is 10.7. The van der Waals surface area contributed by atoms with Crippen LogP contribution in [0, 0.1) is 5.92 Å². The van der Waals surface area contributed by atoms with Crippen LogP contribution in [0.15, 0.2) is 29.1 Å². The van der Waals surface area contributed by atoms with Crippen molar-refractivity contribution in [1.29, 1.82) is 0 Å². The van der Waals surface area contributed by atoms with Gasteiger partial charge in [0.25, 0.3) is 5.56 Å². The number of nitrogens with zero attached hydrogens (tertiary/aromatic N) is 2. The monoisotopic (exact) mass is 425 g/mol. The van der Waals surface area contributed by atoms with Gasteiger partial charge in [0.2, 0.25) is 17.8 Å². The van der Waals surface area contributed by atoms with Gasteiger partial charge in [0, 0.05) is 25.2 Å². The number of anilines is 3. The number of carbonyl (C=O) groups excluding carboxylic acids is 2. The van der Waals surface area contributed by atoms with Crippen molar-refractivity contribution in [2.24, 2.45) is 5.92 Å². The first-order valence-electron chi connectivity index (χ1n) is 10.7. The SMILES string of the molecule is CCOc1ccc(NC(=O)[C@@H]2CC(=O)Nc3nc(N4CCC[C@H](C)C4)[nH]c(=O)c32)cc1. The number of carbonyl (C=O) groups is 2. The van der Waals surface area contributed by atoms with Gasteiger partial charge in [0.15, 0.2) is 0 Å². The number of rotatable bonds is 5. The molecule has 1 aromatic carbocycles. The number of fused-ring (bicyclic) bond motifs is 1. The number of aromatic amines is 1. The van der Waals surface area contributed by atoms with Crippen molar-refractivity contribution in [3.63, 3.8) is 0 Å². The van der Waals surface area contributed by atoms with E-state index >= 15 is 0 Å². The van der Waals surface area contributed by atoms with Crippen LogP contribution in [0.5, 0.6) is 5.75 Å². The standard InChI is InChI=1S/C22H27N5O4/c1-3-31-15-8-6-14(7-9-15)23-20(29)16-11-17(28)24-19-18(16)21(30)26-22(25-19)27-10-4-5-13(2)12-27/h6-9,13,16H,3-5,10-12H2,1-2H3,(H,23,29)(H2,24,25,26,28,30)/t13-,16+/m0/s1. The molecule has 0 saturated carbocycles. The lowest BCUT2D eigenvalue weighted by Crippen LogP contribution is -2.40. The fourth-order valence-electron chi connectivity index (χ4n) is 4.15. The van der Waals surface area contributed by atoms with Crippen LogP contribution in [0.4, 0.5) is 17.5 Å². The van der Waals surface area contributed by atoms with E-state index in [0.29, 0.717) is 29.9 Å². The highest BCUT2D eigenvalue weighted by molar-refractivity contribution is 6.04. The summed E-state index contributed by atoms with van der Waals surface area (Å²) in [4.78, 5) is 47.5. The molecule has 1 saturated heterocycles. The molecule has 0 unspecified atom stereocenters. The van der Waals surface area contributed by atoms with Crippen molar-refractivity contribution in [2.75, 3.05) is 35.2 Å². The molecule has 2 aliphatic heterocycles. The molecule has 2 aromatic rings. The summed E-state index contributed by atoms with van der Waals surface area (Å²) < 4.78 is 5.40. The Labute approximate surface area is 180 Å². The normalized spacial score (nSPS) is 20.6. The average Bonchev–Trinajstić information content (AvgIpc) is 2.74. The van der Waals surface area contributed by atoms with Gasteiger partial charge in [-0.25, -0.2) is 0 Å². The van der Waals surface area contributed by atoms with Crippen LogP contribution >= 0.6 is 0 Å². The van der Waals surface area contributed by atoms with Crippen LogP contribution in [0.3, 0.4) is 0 Å². The van der Waals surface area contributed by atoms with Gasteiger partial charge in [0.1, 0.15) is 11.6 Å². The van der Waals surface area contributed by atoms with Crippen molar-refractivity contribution < 1.29 is 14.3 Å². The summed E-state index contributed by atoms with van der Waals surface area (Å²) in [5.41, 5.74) is 0.353. The van der Waals surface area contributed by atoms with E-state index in [1.54, 1.807) is 24.3 Å². The molecule has 3 heterocycles. The second kappa shape index (κ2) is 8.79. The number of hydrogen-bond acceptors (Lipinski definition) is 6. The van der Waals surface area contributed by atoms with Crippen molar-refractivity contribution >= 4 is 29.3 Å². The van der Waals surface area contributed by atoms with Crippen LogP contribution in [0.25, 0.3) is 0 Å². The number of piperidine rings is 1. The number of ether oxygens (including phenoxy) is 1. The highest BCUT2D eigenvalue weighted by Crippen LogP contribution is 2.31. The maximum atomic E-state index is 13.0. The summed E-state index contributed by atoms with van der Waals surface area (Å²) >= 11 is 0. The van der Waals surface area contributed by atoms with E-state index in [4.69, 9.17) is 4.74 Å². The topological polar surface area (TPSA) is 116 Å². The molecule has 1 fully saturated rings. The smallest absolute Gasteiger partial charge is 0.258 e. The molecule has 0 spiro atoms. The molecule has 3 N–H and O–H groups in total. The molecule has 164 valence electrons. The number of H-pyrrole nitrogens is 1. The minimum atomic E-state index is -0.916. The number of hydrogen-bond donors (Lipinski definition) is 3. The zero-order valence-corrected chi connectivity index (χ0v) is 17.7. The lowest BCUT2D eigenvalue weighted by atomic mass is 9.92. The van der Waals surface area contributed by atoms with E-state index in [0.717, 1.165) is 25.9 Å². The molecule has 31 heavy (non-hydrogen) atoms. The van der Waals surface area contributed by atoms with Crippen molar-refractivity contribution in [3.05, 3.63) is 40.2 Å². The number of amides is 2. The molecule has 0 bridgehead atoms. The van der Waals surface area contributed by atoms with E-state index in [9.17, 15) is 14.4 Å². The van der Waals surface area contributed by atoms with E-state index in [2.05, 4.69) is 27.5 Å². The fraction of sp³-hybridized carbons (Fsp3) is 0.455. The van der Waals surface area contributed by atoms with Gasteiger partial charge in [-0.1, -0.05) is 6.92 Å². The Bertz CT molecular complexity index is 1030. The molecule has 4 rings (SSSR count). The maximum absolute atomic E-state index is 13.0. The lowest BCUT2D eigenvalue weighted by molar-refractivity contribution is -0.123. The summed E-state index contributed by atoms with van der Waals surface area (Å²) in [6.07, 6.45) is 2.04. The van der Waals surface area contributed by atoms with E-state index in [1.807, 2.05) is 11.8 Å². The van der Waals surface area contributed by atoms with Gasteiger partial charge in [0.05, 0.1) is 18.1 Å². The third-order valence-corrected chi connectivity index (χ3v) is 5.64. The summed E-state index contributed by atoms with van der Waals surface area (Å²) in [5, 5.41) is 5.46. The van der Waals surface area contributed by atoms with Gasteiger partial charge in [-0.3, -0.25) is 19.4 Å². The zero-order valence-electron chi connectivity index (χ0n) is 17.7.